The number of hydrogen-bond donors (Lipinski definition) is 4. The van der Waals surface area contributed by atoms with Gasteiger partial charge in [0.2, 0.25) is 5.91 Å². The van der Waals surface area contributed by atoms with Gasteiger partial charge in [0.25, 0.3) is 5.91 Å². The van der Waals surface area contributed by atoms with Crippen molar-refractivity contribution in [3.8, 4) is 16.9 Å². The molecule has 0 radical (unpaired) electrons. The van der Waals surface area contributed by atoms with Crippen molar-refractivity contribution in [2.75, 3.05) is 17.8 Å². The van der Waals surface area contributed by atoms with E-state index in [-0.39, 0.29) is 18.2 Å². The number of primary amides is 1. The van der Waals surface area contributed by atoms with E-state index >= 15 is 0 Å². The molecule has 0 aromatic heterocycles. The Morgan fingerprint density at radius 2 is 1.82 bits per heavy atom. The Kier molecular flexibility index (Phi) is 9.01. The molecule has 10 heteroatoms. The summed E-state index contributed by atoms with van der Waals surface area (Å²) in [6, 6.07) is 20.1. The fraction of sp³-hybridized carbons (Fsp3) is 0.300. The van der Waals surface area contributed by atoms with Gasteiger partial charge in [-0.3, -0.25) is 9.59 Å². The minimum absolute atomic E-state index is 0.111. The third kappa shape index (κ3) is 7.34. The fourth-order valence-corrected chi connectivity index (χ4v) is 5.65. The van der Waals surface area contributed by atoms with Crippen LogP contribution in [0.1, 0.15) is 31.4 Å². The number of carbonyl (C=O) groups excluding carboxylic acids is 3. The lowest BCUT2D eigenvalue weighted by Gasteiger charge is -2.27. The summed E-state index contributed by atoms with van der Waals surface area (Å²) in [6.45, 7) is 4.20. The fourth-order valence-electron chi connectivity index (χ4n) is 4.55. The number of thioether (sulfide) groups is 1. The Labute approximate surface area is 238 Å². The van der Waals surface area contributed by atoms with Crippen molar-refractivity contribution in [2.45, 2.75) is 49.8 Å². The van der Waals surface area contributed by atoms with E-state index in [1.54, 1.807) is 25.9 Å². The van der Waals surface area contributed by atoms with Crippen LogP contribution in [-0.2, 0) is 22.7 Å². The molecule has 1 atom stereocenters. The average molecular weight is 562 g/mol. The summed E-state index contributed by atoms with van der Waals surface area (Å²) in [5, 5.41) is 5.54. The van der Waals surface area contributed by atoms with Gasteiger partial charge in [0, 0.05) is 29.2 Å². The minimum atomic E-state index is -0.706. The molecule has 1 aliphatic rings. The number of anilines is 1. The monoisotopic (exact) mass is 561 g/mol. The van der Waals surface area contributed by atoms with Gasteiger partial charge in [-0.1, -0.05) is 48.5 Å². The molecular formula is C30H35N5O4S. The zero-order chi connectivity index (χ0) is 28.9. The van der Waals surface area contributed by atoms with Crippen molar-refractivity contribution in [3.63, 3.8) is 0 Å². The number of rotatable bonds is 9. The highest BCUT2D eigenvalue weighted by molar-refractivity contribution is 7.99. The van der Waals surface area contributed by atoms with E-state index in [0.717, 1.165) is 32.8 Å². The van der Waals surface area contributed by atoms with Gasteiger partial charge < -0.3 is 31.7 Å². The van der Waals surface area contributed by atoms with Crippen LogP contribution in [0.4, 0.5) is 10.5 Å². The number of nitrogens with one attached hydrogen (secondary N) is 2. The van der Waals surface area contributed by atoms with E-state index in [4.69, 9.17) is 16.2 Å². The Bertz CT molecular complexity index is 1390. The molecule has 0 spiro atoms. The molecule has 4 amide bonds. The van der Waals surface area contributed by atoms with Crippen LogP contribution in [0.3, 0.4) is 0 Å². The Balaban J connectivity index is 1.60. The first kappa shape index (κ1) is 29.0. The van der Waals surface area contributed by atoms with Gasteiger partial charge in [-0.25, -0.2) is 4.79 Å². The lowest BCUT2D eigenvalue weighted by molar-refractivity contribution is -0.127. The highest BCUT2D eigenvalue weighted by atomic mass is 32.2. The summed E-state index contributed by atoms with van der Waals surface area (Å²) >= 11 is 1.51. The Morgan fingerprint density at radius 1 is 1.10 bits per heavy atom. The molecule has 0 unspecified atom stereocenters. The van der Waals surface area contributed by atoms with Crippen molar-refractivity contribution in [1.82, 2.24) is 10.6 Å². The summed E-state index contributed by atoms with van der Waals surface area (Å²) in [5.74, 6) is 0.636. The standard InChI is InChI=1S/C30H35N5O4S/c1-30(2,32)15-27(36)34-24-18-40-26-14-22(39-3)12-13-25(26)35(28(24)37)17-19-8-10-20(11-9-19)23-7-5-4-6-21(23)16-33-29(31)38/h4-14,24H,15-18,32H2,1-3H3,(H,34,36)(H3,31,33,38)/t24-/m1/s1. The van der Waals surface area contributed by atoms with Gasteiger partial charge in [0.15, 0.2) is 0 Å². The predicted octanol–water partition coefficient (Wildman–Crippen LogP) is 3.78. The highest BCUT2D eigenvalue weighted by Crippen LogP contribution is 2.38. The number of nitrogens with zero attached hydrogens (tertiary/aromatic N) is 1. The maximum Gasteiger partial charge on any atom is 0.312 e. The second-order valence-electron chi connectivity index (χ2n) is 10.4. The van der Waals surface area contributed by atoms with E-state index in [2.05, 4.69) is 10.6 Å². The lowest BCUT2D eigenvalue weighted by Crippen LogP contribution is -2.51. The van der Waals surface area contributed by atoms with Gasteiger partial charge in [0.1, 0.15) is 11.8 Å². The van der Waals surface area contributed by atoms with Crippen molar-refractivity contribution >= 4 is 35.3 Å². The van der Waals surface area contributed by atoms with Gasteiger partial charge >= 0.3 is 6.03 Å². The molecule has 40 heavy (non-hydrogen) atoms. The second-order valence-corrected chi connectivity index (χ2v) is 11.5. The van der Waals surface area contributed by atoms with E-state index in [1.807, 2.05) is 66.7 Å². The van der Waals surface area contributed by atoms with Crippen LogP contribution in [0.25, 0.3) is 11.1 Å². The molecule has 3 aromatic rings. The first-order valence-corrected chi connectivity index (χ1v) is 13.9. The van der Waals surface area contributed by atoms with Crippen LogP contribution in [-0.4, -0.2) is 42.3 Å². The lowest BCUT2D eigenvalue weighted by atomic mass is 9.98. The molecule has 0 saturated heterocycles. The third-order valence-electron chi connectivity index (χ3n) is 6.45. The summed E-state index contributed by atoms with van der Waals surface area (Å²) in [5.41, 5.74) is 15.2. The number of methoxy groups -OCH3 is 1. The topological polar surface area (TPSA) is 140 Å². The van der Waals surface area contributed by atoms with Crippen LogP contribution in [0.2, 0.25) is 0 Å². The van der Waals surface area contributed by atoms with E-state index in [0.29, 0.717) is 24.6 Å². The van der Waals surface area contributed by atoms with Gasteiger partial charge in [0.05, 0.1) is 19.3 Å². The summed E-state index contributed by atoms with van der Waals surface area (Å²) < 4.78 is 5.41. The van der Waals surface area contributed by atoms with E-state index in [1.165, 1.54) is 11.8 Å². The summed E-state index contributed by atoms with van der Waals surface area (Å²) in [4.78, 5) is 40.3. The number of urea groups is 1. The van der Waals surface area contributed by atoms with Crippen molar-refractivity contribution in [1.29, 1.82) is 0 Å². The largest absolute Gasteiger partial charge is 0.497 e. The smallest absolute Gasteiger partial charge is 0.312 e. The molecule has 0 bridgehead atoms. The van der Waals surface area contributed by atoms with Crippen LogP contribution in [0, 0.1) is 0 Å². The first-order valence-electron chi connectivity index (χ1n) is 12.9. The zero-order valence-corrected chi connectivity index (χ0v) is 23.7. The van der Waals surface area contributed by atoms with Crippen LogP contribution in [0.5, 0.6) is 5.75 Å². The molecule has 210 valence electrons. The Hall–Kier alpha value is -4.02. The van der Waals surface area contributed by atoms with Gasteiger partial charge in [-0.15, -0.1) is 11.8 Å². The maximum atomic E-state index is 13.8. The average Bonchev–Trinajstić information content (AvgIpc) is 3.03. The normalized spacial score (nSPS) is 15.2. The van der Waals surface area contributed by atoms with Gasteiger partial charge in [-0.2, -0.15) is 0 Å². The number of carbonyl (C=O) groups is 3. The number of benzene rings is 3. The maximum absolute atomic E-state index is 13.8. The van der Waals surface area contributed by atoms with Crippen molar-refractivity contribution in [2.24, 2.45) is 11.5 Å². The minimum Gasteiger partial charge on any atom is -0.497 e. The molecule has 9 nitrogen and oxygen atoms in total. The molecule has 0 saturated carbocycles. The number of hydrogen-bond acceptors (Lipinski definition) is 6. The molecule has 1 aliphatic heterocycles. The number of ether oxygens (including phenoxy) is 1. The third-order valence-corrected chi connectivity index (χ3v) is 7.59. The zero-order valence-electron chi connectivity index (χ0n) is 22.9. The Morgan fingerprint density at radius 3 is 2.50 bits per heavy atom. The molecule has 0 aliphatic carbocycles. The highest BCUT2D eigenvalue weighted by Gasteiger charge is 2.33. The second kappa shape index (κ2) is 12.4. The van der Waals surface area contributed by atoms with Gasteiger partial charge in [-0.05, 0) is 54.3 Å². The molecule has 6 N–H and O–H groups in total. The quantitative estimate of drug-likeness (QED) is 0.314. The predicted molar refractivity (Wildman–Crippen MR) is 158 cm³/mol. The molecule has 3 aromatic carbocycles. The van der Waals surface area contributed by atoms with E-state index < -0.39 is 17.6 Å². The number of fused-ring (bicyclic) bond motifs is 1. The molecule has 4 rings (SSSR count). The van der Waals surface area contributed by atoms with Crippen LogP contribution >= 0.6 is 11.8 Å². The first-order chi connectivity index (χ1) is 19.0. The molecule has 0 fully saturated rings. The summed E-state index contributed by atoms with van der Waals surface area (Å²) in [7, 11) is 1.60. The van der Waals surface area contributed by atoms with Crippen LogP contribution in [0.15, 0.2) is 71.6 Å². The number of amides is 4. The SMILES string of the molecule is COc1ccc2c(c1)SC[C@@H](NC(=O)CC(C)(C)N)C(=O)N2Cc1ccc(-c2ccccc2CNC(N)=O)cc1. The van der Waals surface area contributed by atoms with Crippen molar-refractivity contribution < 1.29 is 19.1 Å². The number of nitrogens with two attached hydrogens (primary N) is 2. The molecular weight excluding hydrogens is 526 g/mol. The van der Waals surface area contributed by atoms with E-state index in [9.17, 15) is 14.4 Å². The molecule has 1 heterocycles. The van der Waals surface area contributed by atoms with Crippen LogP contribution < -0.4 is 31.7 Å². The van der Waals surface area contributed by atoms with Crippen molar-refractivity contribution in [3.05, 3.63) is 77.9 Å². The summed E-state index contributed by atoms with van der Waals surface area (Å²) in [6.07, 6.45) is 0.111.